The molecule has 0 aromatic carbocycles. The zero-order chi connectivity index (χ0) is 9.78. The van der Waals surface area contributed by atoms with Crippen LogP contribution in [-0.2, 0) is 4.79 Å². The fourth-order valence-corrected chi connectivity index (χ4v) is 1.29. The molecule has 70 valence electrons. The fourth-order valence-electron chi connectivity index (χ4n) is 1.29. The van der Waals surface area contributed by atoms with Gasteiger partial charge < -0.3 is 0 Å². The zero-order valence-electron chi connectivity index (χ0n) is 8.39. The normalized spacial score (nSPS) is 11.3. The second kappa shape index (κ2) is 4.33. The molecule has 0 aliphatic heterocycles. The molecule has 3 heteroatoms. The lowest BCUT2D eigenvalue weighted by atomic mass is 9.84. The first kappa shape index (κ1) is 11.3. The molecule has 0 unspecified atom stereocenters. The third-order valence-corrected chi connectivity index (χ3v) is 1.91. The minimum Gasteiger partial charge on any atom is -0.215 e. The number of nitroso groups, excluding NO2 is 1. The highest BCUT2D eigenvalue weighted by atomic mass is 16.3. The van der Waals surface area contributed by atoms with Crippen molar-refractivity contribution in [2.75, 3.05) is 7.05 Å². The third kappa shape index (κ3) is 4.21. The van der Waals surface area contributed by atoms with E-state index in [2.05, 4.69) is 6.92 Å². The van der Waals surface area contributed by atoms with Gasteiger partial charge in [-0.1, -0.05) is 27.2 Å². The number of amides is 1. The molecule has 0 aromatic rings. The number of nitrogens with zero attached hydrogens (tertiary/aromatic N) is 1. The number of hydrogen-bond acceptors (Lipinski definition) is 2. The van der Waals surface area contributed by atoms with Crippen molar-refractivity contribution in [3.63, 3.8) is 0 Å². The Morgan fingerprint density at radius 3 is 2.25 bits per heavy atom. The molecule has 0 radical (unpaired) electrons. The summed E-state index contributed by atoms with van der Waals surface area (Å²) in [5.74, 6) is -0.326. The van der Waals surface area contributed by atoms with E-state index in [4.69, 9.17) is 0 Å². The van der Waals surface area contributed by atoms with E-state index in [9.17, 15) is 9.70 Å². The number of hydrogen-bond donors (Lipinski definition) is 0. The largest absolute Gasteiger partial charge is 0.433 e. The second-order valence-corrected chi connectivity index (χ2v) is 3.98. The fraction of sp³-hybridized carbons (Fsp3) is 0.889. The van der Waals surface area contributed by atoms with Crippen LogP contribution in [0.4, 0.5) is 0 Å². The summed E-state index contributed by atoms with van der Waals surface area (Å²) in [7, 11) is 1.25. The molecule has 0 bridgehead atoms. The quantitative estimate of drug-likeness (QED) is 0.609. The van der Waals surface area contributed by atoms with Crippen LogP contribution in [0.1, 0.15) is 40.0 Å². The molecule has 0 N–H and O–H groups in total. The van der Waals surface area contributed by atoms with Gasteiger partial charge in [0.25, 0.3) is 0 Å². The summed E-state index contributed by atoms with van der Waals surface area (Å²) in [5, 5.41) is 0. The summed E-state index contributed by atoms with van der Waals surface area (Å²) < 4.78 is 0.414. The summed E-state index contributed by atoms with van der Waals surface area (Å²) >= 11 is 0. The summed E-state index contributed by atoms with van der Waals surface area (Å²) in [6.45, 7) is 6.10. The van der Waals surface area contributed by atoms with Crippen molar-refractivity contribution in [2.24, 2.45) is 5.41 Å². The molecule has 0 aliphatic carbocycles. The van der Waals surface area contributed by atoms with E-state index in [0.717, 1.165) is 12.8 Å². The van der Waals surface area contributed by atoms with Crippen LogP contribution in [0.3, 0.4) is 0 Å². The smallest absolute Gasteiger partial charge is 0.215 e. The second-order valence-electron chi connectivity index (χ2n) is 3.98. The number of rotatable bonds is 4. The molecule has 0 heterocycles. The molecule has 12 heavy (non-hydrogen) atoms. The molecular weight excluding hydrogens is 154 g/mol. The van der Waals surface area contributed by atoms with Crippen LogP contribution < -0.4 is 0 Å². The first-order chi connectivity index (χ1) is 5.39. The molecule has 1 amide bonds. The van der Waals surface area contributed by atoms with Crippen LogP contribution in [0.5, 0.6) is 0 Å². The Bertz CT molecular complexity index is 185. The molecule has 0 spiro atoms. The Morgan fingerprint density at radius 2 is 1.92 bits per heavy atom. The van der Waals surface area contributed by atoms with Gasteiger partial charge in [-0.15, -0.1) is 0 Å². The topological polar surface area (TPSA) is 37.1 Å². The van der Waals surface area contributed by atoms with E-state index >= 15 is 0 Å². The van der Waals surface area contributed by atoms with Gasteiger partial charge in [-0.05, 0) is 11.8 Å². The van der Waals surface area contributed by atoms with Gasteiger partial charge in [0, 0.05) is 4.91 Å². The SMILES string of the molecule is CCCC(C)(C)CC(=O)[N+](C)=O. The average Bonchev–Trinajstić information content (AvgIpc) is 1.85. The van der Waals surface area contributed by atoms with Gasteiger partial charge in [-0.3, -0.25) is 0 Å². The van der Waals surface area contributed by atoms with Crippen molar-refractivity contribution in [1.29, 1.82) is 0 Å². The lowest BCUT2D eigenvalue weighted by molar-refractivity contribution is -0.440. The Kier molecular flexibility index (Phi) is 4.07. The monoisotopic (exact) mass is 172 g/mol. The highest BCUT2D eigenvalue weighted by molar-refractivity contribution is 5.67. The molecule has 0 aromatic heterocycles. The van der Waals surface area contributed by atoms with Crippen LogP contribution in [0.15, 0.2) is 0 Å². The van der Waals surface area contributed by atoms with Crippen LogP contribution in [0, 0.1) is 10.3 Å². The Labute approximate surface area is 73.7 Å². The zero-order valence-corrected chi connectivity index (χ0v) is 8.39. The van der Waals surface area contributed by atoms with Crippen molar-refractivity contribution < 1.29 is 9.55 Å². The van der Waals surface area contributed by atoms with Gasteiger partial charge in [0.2, 0.25) is 0 Å². The van der Waals surface area contributed by atoms with Crippen molar-refractivity contribution in [3.05, 3.63) is 4.91 Å². The maximum atomic E-state index is 11.0. The van der Waals surface area contributed by atoms with Crippen LogP contribution in [0.25, 0.3) is 0 Å². The molecular formula is C9H18NO2+. The molecule has 0 saturated carbocycles. The van der Waals surface area contributed by atoms with Crippen molar-refractivity contribution in [1.82, 2.24) is 0 Å². The predicted molar refractivity (Wildman–Crippen MR) is 47.9 cm³/mol. The number of carbonyl (C=O) groups excluding carboxylic acids is 1. The Hall–Kier alpha value is -0.730. The Morgan fingerprint density at radius 1 is 1.42 bits per heavy atom. The van der Waals surface area contributed by atoms with E-state index in [1.807, 2.05) is 13.8 Å². The van der Waals surface area contributed by atoms with Crippen molar-refractivity contribution in [3.8, 4) is 0 Å². The highest BCUT2D eigenvalue weighted by Crippen LogP contribution is 2.26. The minimum atomic E-state index is -0.326. The van der Waals surface area contributed by atoms with E-state index in [1.165, 1.54) is 7.05 Å². The lowest BCUT2D eigenvalue weighted by Gasteiger charge is -2.19. The van der Waals surface area contributed by atoms with Gasteiger partial charge in [0.05, 0.1) is 11.2 Å². The summed E-state index contributed by atoms with van der Waals surface area (Å²) in [6, 6.07) is 0. The van der Waals surface area contributed by atoms with Crippen LogP contribution in [-0.4, -0.2) is 17.7 Å². The van der Waals surface area contributed by atoms with E-state index in [-0.39, 0.29) is 11.3 Å². The van der Waals surface area contributed by atoms with Gasteiger partial charge in [0.15, 0.2) is 7.05 Å². The molecule has 0 aliphatic rings. The number of carbonyl (C=O) groups is 1. The highest BCUT2D eigenvalue weighted by Gasteiger charge is 2.27. The van der Waals surface area contributed by atoms with E-state index in [0.29, 0.717) is 11.2 Å². The average molecular weight is 172 g/mol. The molecule has 0 atom stereocenters. The van der Waals surface area contributed by atoms with Gasteiger partial charge in [-0.25, -0.2) is 4.79 Å². The van der Waals surface area contributed by atoms with Crippen molar-refractivity contribution in [2.45, 2.75) is 40.0 Å². The van der Waals surface area contributed by atoms with Crippen LogP contribution >= 0.6 is 0 Å². The molecule has 0 fully saturated rings. The lowest BCUT2D eigenvalue weighted by Crippen LogP contribution is -2.22. The van der Waals surface area contributed by atoms with Gasteiger partial charge >= 0.3 is 5.91 Å². The summed E-state index contributed by atoms with van der Waals surface area (Å²) in [4.78, 5) is 21.6. The molecule has 0 rings (SSSR count). The summed E-state index contributed by atoms with van der Waals surface area (Å²) in [6.07, 6.45) is 2.37. The van der Waals surface area contributed by atoms with Crippen LogP contribution in [0.2, 0.25) is 0 Å². The maximum Gasteiger partial charge on any atom is 0.433 e. The predicted octanol–water partition coefficient (Wildman–Crippen LogP) is 2.14. The first-order valence-corrected chi connectivity index (χ1v) is 4.33. The summed E-state index contributed by atoms with van der Waals surface area (Å²) in [5.41, 5.74) is -0.0372. The van der Waals surface area contributed by atoms with Gasteiger partial charge in [-0.2, -0.15) is 0 Å². The molecule has 0 saturated heterocycles. The van der Waals surface area contributed by atoms with E-state index < -0.39 is 0 Å². The maximum absolute atomic E-state index is 11.0. The standard InChI is InChI=1S/C9H18NO2/c1-5-6-9(2,3)7-8(11)10(4)12/h5-7H2,1-4H3/q+1. The molecule has 3 nitrogen and oxygen atoms in total. The first-order valence-electron chi connectivity index (χ1n) is 4.33. The van der Waals surface area contributed by atoms with Crippen molar-refractivity contribution >= 4 is 5.91 Å². The minimum absolute atomic E-state index is 0.0372. The Balaban J connectivity index is 4.05. The van der Waals surface area contributed by atoms with Gasteiger partial charge in [0.1, 0.15) is 0 Å². The van der Waals surface area contributed by atoms with E-state index in [1.54, 1.807) is 0 Å². The third-order valence-electron chi connectivity index (χ3n) is 1.91.